The van der Waals surface area contributed by atoms with Crippen LogP contribution in [-0.2, 0) is 0 Å². The number of nitrogens with two attached hydrogens (primary N) is 1. The Bertz CT molecular complexity index is 1310. The van der Waals surface area contributed by atoms with E-state index in [1.54, 1.807) is 24.3 Å². The Kier molecular flexibility index (Phi) is 4.96. The number of primary amides is 1. The molecule has 0 saturated carbocycles. The number of nitro groups is 1. The molecule has 30 heavy (non-hydrogen) atoms. The van der Waals surface area contributed by atoms with Crippen molar-refractivity contribution in [2.24, 2.45) is 10.7 Å². The summed E-state index contributed by atoms with van der Waals surface area (Å²) >= 11 is 0. The second-order valence-corrected chi connectivity index (χ2v) is 6.33. The van der Waals surface area contributed by atoms with E-state index < -0.39 is 10.8 Å². The Morgan fingerprint density at radius 1 is 0.967 bits per heavy atom. The fourth-order valence-electron chi connectivity index (χ4n) is 2.82. The number of nitro benzene ring substituents is 1. The molecule has 0 unspecified atom stereocenters. The second kappa shape index (κ2) is 7.88. The van der Waals surface area contributed by atoms with Gasteiger partial charge >= 0.3 is 0 Å². The number of hydrogen-bond acceptors (Lipinski definition) is 6. The predicted molar refractivity (Wildman–Crippen MR) is 110 cm³/mol. The van der Waals surface area contributed by atoms with Gasteiger partial charge in [0.2, 0.25) is 5.55 Å². The van der Waals surface area contributed by atoms with Gasteiger partial charge in [-0.3, -0.25) is 14.9 Å². The summed E-state index contributed by atoms with van der Waals surface area (Å²) in [6.07, 6.45) is 0. The molecule has 0 aliphatic carbocycles. The van der Waals surface area contributed by atoms with Gasteiger partial charge in [0.05, 0.1) is 10.6 Å². The molecule has 148 valence electrons. The highest BCUT2D eigenvalue weighted by Crippen LogP contribution is 2.24. The highest BCUT2D eigenvalue weighted by Gasteiger charge is 2.13. The lowest BCUT2D eigenvalue weighted by molar-refractivity contribution is -0.384. The van der Waals surface area contributed by atoms with Crippen LogP contribution in [0.4, 0.5) is 11.4 Å². The highest BCUT2D eigenvalue weighted by atomic mass is 16.6. The Morgan fingerprint density at radius 3 is 2.33 bits per heavy atom. The van der Waals surface area contributed by atoms with Crippen LogP contribution in [0.3, 0.4) is 0 Å². The number of non-ortho nitro benzene ring substituents is 1. The first kappa shape index (κ1) is 18.9. The molecule has 8 heteroatoms. The molecule has 0 bridgehead atoms. The van der Waals surface area contributed by atoms with Gasteiger partial charge < -0.3 is 14.9 Å². The van der Waals surface area contributed by atoms with E-state index in [-0.39, 0.29) is 16.8 Å². The van der Waals surface area contributed by atoms with Crippen molar-refractivity contribution < 1.29 is 18.9 Å². The van der Waals surface area contributed by atoms with E-state index in [2.05, 4.69) is 4.99 Å². The minimum absolute atomic E-state index is 0.0144. The summed E-state index contributed by atoms with van der Waals surface area (Å²) < 4.78 is 11.4. The minimum Gasteiger partial charge on any atom is -0.457 e. The molecule has 0 atom stereocenters. The summed E-state index contributed by atoms with van der Waals surface area (Å²) in [7, 11) is 0. The van der Waals surface area contributed by atoms with Crippen LogP contribution >= 0.6 is 0 Å². The fourth-order valence-corrected chi connectivity index (χ4v) is 2.82. The topological polar surface area (TPSA) is 121 Å². The molecule has 1 aromatic heterocycles. The number of fused-ring (bicyclic) bond motifs is 1. The van der Waals surface area contributed by atoms with Crippen molar-refractivity contribution in [1.82, 2.24) is 0 Å². The number of benzene rings is 3. The van der Waals surface area contributed by atoms with Gasteiger partial charge in [-0.2, -0.15) is 0 Å². The van der Waals surface area contributed by atoms with Gasteiger partial charge in [0.25, 0.3) is 11.6 Å². The smallest absolute Gasteiger partial charge is 0.270 e. The Labute approximate surface area is 170 Å². The maximum absolute atomic E-state index is 11.9. The zero-order chi connectivity index (χ0) is 21.1. The summed E-state index contributed by atoms with van der Waals surface area (Å²) in [5, 5.41) is 11.3. The van der Waals surface area contributed by atoms with Gasteiger partial charge in [-0.1, -0.05) is 18.2 Å². The van der Waals surface area contributed by atoms with E-state index in [1.807, 2.05) is 30.3 Å². The number of ether oxygens (including phenoxy) is 1. The van der Waals surface area contributed by atoms with Crippen LogP contribution in [0.1, 0.15) is 10.4 Å². The van der Waals surface area contributed by atoms with Crippen LogP contribution in [0.2, 0.25) is 0 Å². The van der Waals surface area contributed by atoms with Crippen LogP contribution in [0.5, 0.6) is 11.5 Å². The third-order valence-electron chi connectivity index (χ3n) is 4.25. The normalized spacial score (nSPS) is 11.4. The molecule has 1 heterocycles. The summed E-state index contributed by atoms with van der Waals surface area (Å²) in [5.74, 6) is 0.574. The third-order valence-corrected chi connectivity index (χ3v) is 4.25. The molecule has 2 N–H and O–H groups in total. The maximum atomic E-state index is 11.9. The standard InChI is InChI=1S/C22H15N3O5/c23-21(26)19-13-14-12-16(25(27)28)8-11-20(14)30-22(19)24-15-6-9-18(10-7-15)29-17-4-2-1-3-5-17/h1-13H,(H2,23,26). The van der Waals surface area contributed by atoms with Crippen LogP contribution in [-0.4, -0.2) is 10.8 Å². The summed E-state index contributed by atoms with van der Waals surface area (Å²) in [6.45, 7) is 0. The Balaban J connectivity index is 1.72. The van der Waals surface area contributed by atoms with Crippen LogP contribution < -0.4 is 16.0 Å². The number of carbonyl (C=O) groups is 1. The molecule has 3 aromatic carbocycles. The highest BCUT2D eigenvalue weighted by molar-refractivity contribution is 5.95. The van der Waals surface area contributed by atoms with Crippen molar-refractivity contribution >= 4 is 28.3 Å². The second-order valence-electron chi connectivity index (χ2n) is 6.33. The van der Waals surface area contributed by atoms with Crippen LogP contribution in [0, 0.1) is 10.1 Å². The first-order valence-corrected chi connectivity index (χ1v) is 8.89. The van der Waals surface area contributed by atoms with E-state index in [1.165, 1.54) is 24.3 Å². The molecule has 0 fully saturated rings. The van der Waals surface area contributed by atoms with Gasteiger partial charge in [-0.15, -0.1) is 0 Å². The Hall–Kier alpha value is -4.46. The predicted octanol–water partition coefficient (Wildman–Crippen LogP) is 4.46. The molecule has 0 aliphatic rings. The zero-order valence-corrected chi connectivity index (χ0v) is 15.5. The molecule has 0 radical (unpaired) electrons. The van der Waals surface area contributed by atoms with Crippen molar-refractivity contribution in [2.45, 2.75) is 0 Å². The molecule has 0 spiro atoms. The zero-order valence-electron chi connectivity index (χ0n) is 15.5. The summed E-state index contributed by atoms with van der Waals surface area (Å²) in [6, 6.07) is 21.7. The van der Waals surface area contributed by atoms with Gasteiger partial charge in [0.1, 0.15) is 22.6 Å². The number of hydrogen-bond donors (Lipinski definition) is 1. The molecule has 8 nitrogen and oxygen atoms in total. The lowest BCUT2D eigenvalue weighted by Crippen LogP contribution is -2.21. The number of nitrogens with zero attached hydrogens (tertiary/aromatic N) is 2. The van der Waals surface area contributed by atoms with Crippen molar-refractivity contribution in [3.8, 4) is 11.5 Å². The van der Waals surface area contributed by atoms with Gasteiger partial charge in [-0.25, -0.2) is 4.99 Å². The van der Waals surface area contributed by atoms with E-state index >= 15 is 0 Å². The molecule has 4 aromatic rings. The fraction of sp³-hybridized carbons (Fsp3) is 0. The average Bonchev–Trinajstić information content (AvgIpc) is 2.75. The third kappa shape index (κ3) is 4.02. The molecular weight excluding hydrogens is 386 g/mol. The van der Waals surface area contributed by atoms with E-state index in [0.717, 1.165) is 0 Å². The van der Waals surface area contributed by atoms with Crippen LogP contribution in [0.15, 0.2) is 88.3 Å². The lowest BCUT2D eigenvalue weighted by atomic mass is 10.1. The quantitative estimate of drug-likeness (QED) is 0.391. The number of amides is 1. The first-order valence-electron chi connectivity index (χ1n) is 8.89. The van der Waals surface area contributed by atoms with Crippen molar-refractivity contribution in [3.05, 3.63) is 100 Å². The Morgan fingerprint density at radius 2 is 1.67 bits per heavy atom. The SMILES string of the molecule is NC(=O)c1cc2cc([N+](=O)[O-])ccc2oc1=Nc1ccc(Oc2ccccc2)cc1. The van der Waals surface area contributed by atoms with Crippen molar-refractivity contribution in [1.29, 1.82) is 0 Å². The van der Waals surface area contributed by atoms with E-state index in [9.17, 15) is 14.9 Å². The van der Waals surface area contributed by atoms with E-state index in [0.29, 0.717) is 28.2 Å². The number of carbonyl (C=O) groups excluding carboxylic acids is 1. The molecule has 0 saturated heterocycles. The van der Waals surface area contributed by atoms with Gasteiger partial charge in [-0.05, 0) is 48.5 Å². The van der Waals surface area contributed by atoms with Crippen molar-refractivity contribution in [2.75, 3.05) is 0 Å². The number of rotatable bonds is 5. The minimum atomic E-state index is -0.755. The average molecular weight is 401 g/mol. The summed E-state index contributed by atoms with van der Waals surface area (Å²) in [4.78, 5) is 26.7. The molecule has 4 rings (SSSR count). The van der Waals surface area contributed by atoms with Gasteiger partial charge in [0.15, 0.2) is 0 Å². The van der Waals surface area contributed by atoms with Gasteiger partial charge in [0, 0.05) is 17.5 Å². The summed E-state index contributed by atoms with van der Waals surface area (Å²) in [5.41, 5.74) is 6.23. The lowest BCUT2D eigenvalue weighted by Gasteiger charge is -2.05. The molecule has 1 amide bonds. The molecular formula is C22H15N3O5. The monoisotopic (exact) mass is 401 g/mol. The van der Waals surface area contributed by atoms with Crippen LogP contribution in [0.25, 0.3) is 11.0 Å². The largest absolute Gasteiger partial charge is 0.457 e. The van der Waals surface area contributed by atoms with Crippen molar-refractivity contribution in [3.63, 3.8) is 0 Å². The number of para-hydroxylation sites is 1. The maximum Gasteiger partial charge on any atom is 0.270 e. The van der Waals surface area contributed by atoms with E-state index in [4.69, 9.17) is 14.9 Å². The first-order chi connectivity index (χ1) is 14.5. The molecule has 0 aliphatic heterocycles.